The third-order valence-electron chi connectivity index (χ3n) is 1.01. The minimum Gasteiger partial charge on any atom is -0.481 e. The maximum Gasteiger partial charge on any atom is 0.333 e. The zero-order valence-electron chi connectivity index (χ0n) is 6.75. The Balaban J connectivity index is 3.90. The summed E-state index contributed by atoms with van der Waals surface area (Å²) in [5, 5.41) is 8.20. The first-order valence-electron chi connectivity index (χ1n) is 3.36. The Labute approximate surface area is 74.4 Å². The van der Waals surface area contributed by atoms with E-state index < -0.39 is 19.7 Å². The highest BCUT2D eigenvalue weighted by molar-refractivity contribution is 7.52. The van der Waals surface area contributed by atoms with Crippen molar-refractivity contribution >= 4 is 19.4 Å². The van der Waals surface area contributed by atoms with E-state index in [9.17, 15) is 9.36 Å². The Kier molecular flexibility index (Phi) is 4.61. The van der Waals surface area contributed by atoms with Crippen molar-refractivity contribution in [3.63, 3.8) is 0 Å². The van der Waals surface area contributed by atoms with Gasteiger partial charge in [-0.25, -0.2) is 0 Å². The first-order valence-corrected chi connectivity index (χ1v) is 5.16. The normalized spacial score (nSPS) is 12.9. The standard InChI is InChI=1S/C5H11N2O5P/c6-4(3-13(10,11)12)7-2-1-5(8)9/h1-3H2,(H2,6,7)(H,8,9)(H2,10,11,12). The largest absolute Gasteiger partial charge is 0.481 e. The summed E-state index contributed by atoms with van der Waals surface area (Å²) in [5.41, 5.74) is 5.11. The summed E-state index contributed by atoms with van der Waals surface area (Å²) in [4.78, 5) is 30.3. The summed E-state index contributed by atoms with van der Waals surface area (Å²) in [5.74, 6) is -1.26. The van der Waals surface area contributed by atoms with Crippen LogP contribution in [0.3, 0.4) is 0 Å². The summed E-state index contributed by atoms with van der Waals surface area (Å²) in [7, 11) is -4.19. The Morgan fingerprint density at radius 1 is 1.46 bits per heavy atom. The van der Waals surface area contributed by atoms with E-state index in [1.54, 1.807) is 0 Å². The van der Waals surface area contributed by atoms with E-state index in [1.807, 2.05) is 0 Å². The number of carbonyl (C=O) groups is 1. The van der Waals surface area contributed by atoms with E-state index >= 15 is 0 Å². The van der Waals surface area contributed by atoms with Gasteiger partial charge in [0.25, 0.3) is 0 Å². The van der Waals surface area contributed by atoms with E-state index in [1.165, 1.54) is 0 Å². The van der Waals surface area contributed by atoms with Crippen LogP contribution in [0.5, 0.6) is 0 Å². The number of nitrogens with two attached hydrogens (primary N) is 1. The Morgan fingerprint density at radius 3 is 2.38 bits per heavy atom. The average Bonchev–Trinajstić information content (AvgIpc) is 1.81. The lowest BCUT2D eigenvalue weighted by atomic mass is 10.4. The van der Waals surface area contributed by atoms with Crippen LogP contribution in [0.25, 0.3) is 0 Å². The van der Waals surface area contributed by atoms with Crippen LogP contribution in [0.2, 0.25) is 0 Å². The summed E-state index contributed by atoms with van der Waals surface area (Å²) in [6, 6.07) is 0. The molecule has 0 spiro atoms. The van der Waals surface area contributed by atoms with Crippen molar-refractivity contribution in [1.29, 1.82) is 0 Å². The van der Waals surface area contributed by atoms with Gasteiger partial charge in [-0.1, -0.05) is 0 Å². The maximum absolute atomic E-state index is 10.4. The number of rotatable bonds is 5. The fraction of sp³-hybridized carbons (Fsp3) is 0.600. The quantitative estimate of drug-likeness (QED) is 0.261. The van der Waals surface area contributed by atoms with Crippen LogP contribution in [0, 0.1) is 0 Å². The monoisotopic (exact) mass is 210 g/mol. The van der Waals surface area contributed by atoms with Gasteiger partial charge in [-0.2, -0.15) is 0 Å². The molecule has 0 rings (SSSR count). The number of carboxylic acid groups (broad SMARTS) is 1. The smallest absolute Gasteiger partial charge is 0.333 e. The number of amidine groups is 1. The van der Waals surface area contributed by atoms with Crippen molar-refractivity contribution in [3.05, 3.63) is 0 Å². The van der Waals surface area contributed by atoms with Crippen LogP contribution < -0.4 is 5.73 Å². The Morgan fingerprint density at radius 2 is 2.00 bits per heavy atom. The number of nitrogens with zero attached hydrogens (tertiary/aromatic N) is 1. The predicted molar refractivity (Wildman–Crippen MR) is 45.7 cm³/mol. The molecule has 13 heavy (non-hydrogen) atoms. The van der Waals surface area contributed by atoms with Crippen molar-refractivity contribution in [2.75, 3.05) is 12.7 Å². The Bertz CT molecular complexity index is 258. The van der Waals surface area contributed by atoms with Crippen molar-refractivity contribution in [1.82, 2.24) is 0 Å². The van der Waals surface area contributed by atoms with Gasteiger partial charge in [-0.15, -0.1) is 0 Å². The van der Waals surface area contributed by atoms with Gasteiger partial charge in [-0.3, -0.25) is 14.4 Å². The molecule has 0 heterocycles. The van der Waals surface area contributed by atoms with Crippen LogP contribution in [-0.2, 0) is 9.36 Å². The molecule has 0 bridgehead atoms. The van der Waals surface area contributed by atoms with E-state index in [0.29, 0.717) is 0 Å². The lowest BCUT2D eigenvalue weighted by Crippen LogP contribution is -2.17. The topological polar surface area (TPSA) is 133 Å². The van der Waals surface area contributed by atoms with Gasteiger partial charge in [0, 0.05) is 0 Å². The molecule has 0 saturated carbocycles. The molecule has 0 aromatic rings. The first-order chi connectivity index (χ1) is 5.81. The molecule has 0 saturated heterocycles. The van der Waals surface area contributed by atoms with Crippen molar-refractivity contribution in [2.45, 2.75) is 6.42 Å². The van der Waals surface area contributed by atoms with Gasteiger partial charge in [0.2, 0.25) is 0 Å². The van der Waals surface area contributed by atoms with E-state index in [2.05, 4.69) is 4.99 Å². The van der Waals surface area contributed by atoms with Crippen molar-refractivity contribution in [3.8, 4) is 0 Å². The van der Waals surface area contributed by atoms with Gasteiger partial charge < -0.3 is 20.6 Å². The second-order valence-electron chi connectivity index (χ2n) is 2.34. The van der Waals surface area contributed by atoms with Crippen molar-refractivity contribution < 1.29 is 24.3 Å². The van der Waals surface area contributed by atoms with Crippen molar-refractivity contribution in [2.24, 2.45) is 10.7 Å². The van der Waals surface area contributed by atoms with Gasteiger partial charge in [0.05, 0.1) is 13.0 Å². The number of hydrogen-bond acceptors (Lipinski definition) is 3. The van der Waals surface area contributed by atoms with E-state index in [-0.39, 0.29) is 18.8 Å². The van der Waals surface area contributed by atoms with Crippen LogP contribution in [0.15, 0.2) is 4.99 Å². The molecule has 76 valence electrons. The molecule has 0 aromatic heterocycles. The van der Waals surface area contributed by atoms with Gasteiger partial charge in [0.1, 0.15) is 12.0 Å². The SMILES string of the molecule is NC(CP(=O)(O)O)=NCCC(=O)O. The molecular formula is C5H11N2O5P. The molecule has 0 unspecified atom stereocenters. The second kappa shape index (κ2) is 4.96. The molecule has 5 N–H and O–H groups in total. The minimum atomic E-state index is -4.19. The zero-order valence-corrected chi connectivity index (χ0v) is 7.65. The summed E-state index contributed by atoms with van der Waals surface area (Å²) in [6.07, 6.45) is -0.839. The Hall–Kier alpha value is -0.910. The highest BCUT2D eigenvalue weighted by Gasteiger charge is 2.14. The zero-order chi connectivity index (χ0) is 10.5. The number of hydrogen-bond donors (Lipinski definition) is 4. The summed E-state index contributed by atoms with van der Waals surface area (Å²) < 4.78 is 10.4. The summed E-state index contributed by atoms with van der Waals surface area (Å²) >= 11 is 0. The molecule has 0 aliphatic rings. The van der Waals surface area contributed by atoms with Crippen LogP contribution >= 0.6 is 7.60 Å². The van der Waals surface area contributed by atoms with E-state index in [4.69, 9.17) is 20.6 Å². The number of aliphatic carboxylic acids is 1. The molecular weight excluding hydrogens is 199 g/mol. The molecule has 0 amide bonds. The third-order valence-corrected chi connectivity index (χ3v) is 1.74. The first kappa shape index (κ1) is 12.1. The van der Waals surface area contributed by atoms with Gasteiger partial charge in [0.15, 0.2) is 0 Å². The highest BCUT2D eigenvalue weighted by atomic mass is 31.2. The molecule has 0 aliphatic heterocycles. The van der Waals surface area contributed by atoms with E-state index in [0.717, 1.165) is 0 Å². The van der Waals surface area contributed by atoms with Crippen LogP contribution in [0.1, 0.15) is 6.42 Å². The second-order valence-corrected chi connectivity index (χ2v) is 3.99. The van der Waals surface area contributed by atoms with Gasteiger partial charge >= 0.3 is 13.6 Å². The molecule has 8 heteroatoms. The van der Waals surface area contributed by atoms with Crippen LogP contribution in [-0.4, -0.2) is 39.4 Å². The molecule has 0 atom stereocenters. The third kappa shape index (κ3) is 9.00. The number of carboxylic acids is 1. The summed E-state index contributed by atoms with van der Waals surface area (Å²) in [6.45, 7) is -0.0683. The molecule has 0 aromatic carbocycles. The number of aliphatic imine (C=N–C) groups is 1. The fourth-order valence-corrected chi connectivity index (χ4v) is 1.08. The molecule has 0 radical (unpaired) electrons. The van der Waals surface area contributed by atoms with Gasteiger partial charge in [-0.05, 0) is 0 Å². The average molecular weight is 210 g/mol. The minimum absolute atomic E-state index is 0.0683. The maximum atomic E-state index is 10.4. The fourth-order valence-electron chi connectivity index (χ4n) is 0.556. The highest BCUT2D eigenvalue weighted by Crippen LogP contribution is 2.33. The van der Waals surface area contributed by atoms with Crippen LogP contribution in [0.4, 0.5) is 0 Å². The lowest BCUT2D eigenvalue weighted by molar-refractivity contribution is -0.136. The predicted octanol–water partition coefficient (Wildman–Crippen LogP) is -1.00. The lowest BCUT2D eigenvalue weighted by Gasteiger charge is -2.02. The molecule has 0 aliphatic carbocycles. The molecule has 0 fully saturated rings. The molecule has 7 nitrogen and oxygen atoms in total.